The minimum Gasteiger partial charge on any atom is -0.399 e. The average Bonchev–Trinajstić information content (AvgIpc) is 4.19. The topological polar surface area (TPSA) is 18.5 Å². The summed E-state index contributed by atoms with van der Waals surface area (Å²) in [5.74, 6) is 0. The number of hydrogen-bond acceptors (Lipinski definition) is 2. The molecule has 1 aliphatic heterocycles. The van der Waals surface area contributed by atoms with Crippen molar-refractivity contribution in [2.45, 2.75) is 38.9 Å². The van der Waals surface area contributed by atoms with E-state index in [2.05, 4.69) is 298 Å². The lowest BCUT2D eigenvalue weighted by Gasteiger charge is -2.32. The van der Waals surface area contributed by atoms with E-state index >= 15 is 0 Å². The first kappa shape index (κ1) is 48.0. The van der Waals surface area contributed by atoms with Crippen molar-refractivity contribution in [1.82, 2.24) is 0 Å². The van der Waals surface area contributed by atoms with Crippen LogP contribution in [-0.2, 0) is 9.31 Å². The van der Waals surface area contributed by atoms with E-state index in [0.717, 1.165) is 15.5 Å². The van der Waals surface area contributed by atoms with Crippen molar-refractivity contribution in [3.05, 3.63) is 259 Å². The van der Waals surface area contributed by atoms with Gasteiger partial charge in [0.1, 0.15) is 0 Å². The maximum Gasteiger partial charge on any atom is 0.494 e. The highest BCUT2D eigenvalue weighted by atomic mass is 79.9. The van der Waals surface area contributed by atoms with Crippen molar-refractivity contribution in [2.24, 2.45) is 0 Å². The lowest BCUT2D eigenvalue weighted by atomic mass is 9.76. The first-order valence-corrected chi connectivity index (χ1v) is 27.8. The second-order valence-corrected chi connectivity index (χ2v) is 22.7. The van der Waals surface area contributed by atoms with E-state index in [1.54, 1.807) is 0 Å². The second-order valence-electron chi connectivity index (χ2n) is 21.8. The van der Waals surface area contributed by atoms with Crippen LogP contribution in [0.15, 0.2) is 259 Å². The summed E-state index contributed by atoms with van der Waals surface area (Å²) in [7, 11) is -0.425. The highest BCUT2D eigenvalue weighted by Gasteiger charge is 2.51. The predicted molar refractivity (Wildman–Crippen MR) is 333 cm³/mol. The molecule has 3 aliphatic rings. The molecular weight excluding hydrogens is 1010 g/mol. The van der Waals surface area contributed by atoms with Gasteiger partial charge in [-0.15, -0.1) is 0 Å². The molecule has 4 heteroatoms. The molecule has 372 valence electrons. The summed E-state index contributed by atoms with van der Waals surface area (Å²) >= 11 is 3.71. The van der Waals surface area contributed by atoms with Crippen LogP contribution in [0.4, 0.5) is 0 Å². The van der Waals surface area contributed by atoms with Gasteiger partial charge >= 0.3 is 7.12 Å². The summed E-state index contributed by atoms with van der Waals surface area (Å²) in [6, 6.07) is 92.4. The lowest BCUT2D eigenvalue weighted by Crippen LogP contribution is -2.41. The third-order valence-electron chi connectivity index (χ3n) is 16.7. The normalized spacial score (nSPS) is 14.0. The van der Waals surface area contributed by atoms with Crippen LogP contribution in [0.1, 0.15) is 27.7 Å². The van der Waals surface area contributed by atoms with Gasteiger partial charge in [-0.3, -0.25) is 0 Å². The largest absolute Gasteiger partial charge is 0.494 e. The zero-order valence-corrected chi connectivity index (χ0v) is 45.6. The highest BCUT2D eigenvalue weighted by Crippen LogP contribution is 2.59. The molecule has 78 heavy (non-hydrogen) atoms. The van der Waals surface area contributed by atoms with Crippen LogP contribution in [-0.4, -0.2) is 18.3 Å². The van der Waals surface area contributed by atoms with Crippen LogP contribution >= 0.6 is 15.9 Å². The van der Waals surface area contributed by atoms with E-state index in [-0.39, 0.29) is 0 Å². The molecule has 12 aromatic carbocycles. The van der Waals surface area contributed by atoms with Gasteiger partial charge in [-0.1, -0.05) is 246 Å². The zero-order valence-electron chi connectivity index (χ0n) is 44.0. The molecule has 0 atom stereocenters. The minimum atomic E-state index is -0.425. The van der Waals surface area contributed by atoms with Crippen LogP contribution in [0, 0.1) is 0 Å². The van der Waals surface area contributed by atoms with Crippen molar-refractivity contribution in [3.8, 4) is 111 Å². The van der Waals surface area contributed by atoms with Crippen LogP contribution in [0.25, 0.3) is 133 Å². The molecule has 0 radical (unpaired) electrons. The Hall–Kier alpha value is -8.38. The molecule has 0 unspecified atom stereocenters. The summed E-state index contributed by atoms with van der Waals surface area (Å²) in [5, 5.41) is 5.25. The van der Waals surface area contributed by atoms with E-state index in [1.165, 1.54) is 127 Å². The van der Waals surface area contributed by atoms with Crippen LogP contribution < -0.4 is 5.46 Å². The van der Waals surface area contributed by atoms with Gasteiger partial charge in [0, 0.05) is 4.47 Å². The number of halogens is 1. The summed E-state index contributed by atoms with van der Waals surface area (Å²) in [5.41, 5.74) is 25.5. The summed E-state index contributed by atoms with van der Waals surface area (Å²) in [6.45, 7) is 8.43. The first-order valence-electron chi connectivity index (χ1n) is 27.0. The zero-order chi connectivity index (χ0) is 52.7. The van der Waals surface area contributed by atoms with Gasteiger partial charge in [-0.05, 0) is 190 Å². The smallest absolute Gasteiger partial charge is 0.399 e. The third-order valence-corrected chi connectivity index (χ3v) is 17.2. The molecule has 2 nitrogen and oxygen atoms in total. The highest BCUT2D eigenvalue weighted by molar-refractivity contribution is 9.10. The molecule has 0 N–H and O–H groups in total. The van der Waals surface area contributed by atoms with Gasteiger partial charge in [0.05, 0.1) is 11.2 Å². The van der Waals surface area contributed by atoms with E-state index in [4.69, 9.17) is 9.31 Å². The third kappa shape index (κ3) is 7.92. The summed E-state index contributed by atoms with van der Waals surface area (Å²) in [6.07, 6.45) is 0. The first-order chi connectivity index (χ1) is 38.1. The Bertz CT molecular complexity index is 4290. The fourth-order valence-electron chi connectivity index (χ4n) is 12.4. The quantitative estimate of drug-likeness (QED) is 0.148. The van der Waals surface area contributed by atoms with Gasteiger partial charge in [0.2, 0.25) is 0 Å². The fraction of sp³-hybridized carbons (Fsp3) is 0.0811. The van der Waals surface area contributed by atoms with Gasteiger partial charge in [0.15, 0.2) is 0 Å². The molecule has 0 bridgehead atoms. The summed E-state index contributed by atoms with van der Waals surface area (Å²) < 4.78 is 14.0. The molecule has 0 aromatic heterocycles. The van der Waals surface area contributed by atoms with E-state index < -0.39 is 18.3 Å². The number of hydrogen-bond donors (Lipinski definition) is 0. The van der Waals surface area contributed by atoms with E-state index in [9.17, 15) is 0 Å². The van der Waals surface area contributed by atoms with Gasteiger partial charge in [-0.25, -0.2) is 0 Å². The van der Waals surface area contributed by atoms with E-state index in [1.807, 2.05) is 0 Å². The Kier molecular flexibility index (Phi) is 11.7. The Morgan fingerprint density at radius 3 is 1.03 bits per heavy atom. The fourth-order valence-corrected chi connectivity index (χ4v) is 12.8. The molecule has 1 saturated heterocycles. The van der Waals surface area contributed by atoms with E-state index in [0.29, 0.717) is 0 Å². The average molecular weight is 1070 g/mol. The molecule has 0 saturated carbocycles. The van der Waals surface area contributed by atoms with Crippen molar-refractivity contribution < 1.29 is 9.31 Å². The monoisotopic (exact) mass is 1060 g/mol. The predicted octanol–water partition coefficient (Wildman–Crippen LogP) is 20.0. The van der Waals surface area contributed by atoms with Gasteiger partial charge < -0.3 is 9.31 Å². The Morgan fingerprint density at radius 2 is 0.615 bits per heavy atom. The Balaban J connectivity index is 0.000000145. The molecule has 1 fully saturated rings. The van der Waals surface area contributed by atoms with Crippen LogP contribution in [0.5, 0.6) is 0 Å². The number of rotatable bonds is 7. The van der Waals surface area contributed by atoms with Gasteiger partial charge in [-0.2, -0.15) is 0 Å². The van der Waals surface area contributed by atoms with Crippen molar-refractivity contribution in [3.63, 3.8) is 0 Å². The molecule has 1 heterocycles. The minimum absolute atomic E-state index is 0.401. The molecule has 2 aliphatic carbocycles. The molecule has 0 amide bonds. The van der Waals surface area contributed by atoms with Crippen LogP contribution in [0.3, 0.4) is 0 Å². The second kappa shape index (κ2) is 19.0. The maximum atomic E-state index is 6.48. The maximum absolute atomic E-state index is 6.48. The molecule has 12 aromatic rings. The molecular formula is C74H54BBrO2. The molecule has 15 rings (SSSR count). The lowest BCUT2D eigenvalue weighted by molar-refractivity contribution is 0.00578. The van der Waals surface area contributed by atoms with Crippen molar-refractivity contribution in [1.29, 1.82) is 0 Å². The van der Waals surface area contributed by atoms with Crippen molar-refractivity contribution >= 4 is 50.1 Å². The number of benzene rings is 12. The number of fused-ring (bicyclic) bond motifs is 6. The Labute approximate surface area is 465 Å². The summed E-state index contributed by atoms with van der Waals surface area (Å²) in [4.78, 5) is 0. The van der Waals surface area contributed by atoms with Crippen LogP contribution in [0.2, 0.25) is 0 Å². The Morgan fingerprint density at radius 1 is 0.282 bits per heavy atom. The standard InChI is InChI=1S/C40H33BO2.C34H21Br/c1-39(2)40(3,4)43-41(42-39)30-21-11-20-29(24-30)34-25-33(26-14-7-5-8-15-26)37-31-22-12-18-27-19-13-23-32(35(27)31)38(37)36(34)28-16-9-6-10-17-28;35-26-17-7-16-25(20-26)30-21-29(22-10-3-1-4-11-22)33-27-18-8-14-23-15-9-19-28(31(23)27)34(33)32(30)24-12-5-2-6-13-24/h5-25H,1-4H3;1-21H. The molecule has 0 spiro atoms. The van der Waals surface area contributed by atoms with Gasteiger partial charge in [0.25, 0.3) is 0 Å². The van der Waals surface area contributed by atoms with Crippen molar-refractivity contribution in [2.75, 3.05) is 0 Å². The SMILES string of the molecule is Brc1cccc(-c2cc(-c3ccccc3)c3c(c2-c2ccccc2)-c2cccc4cccc-3c24)c1.CC1(C)OB(c2cccc(-c3cc(-c4ccccc4)c4c(c3-c3ccccc3)-c3cccc5cccc-4c35)c2)OC1(C)C.